The van der Waals surface area contributed by atoms with Gasteiger partial charge in [-0.3, -0.25) is 14.5 Å². The Balaban J connectivity index is 1.55. The summed E-state index contributed by atoms with van der Waals surface area (Å²) in [6.07, 6.45) is 0.489. The number of nitrogens with zero attached hydrogens (tertiary/aromatic N) is 2. The van der Waals surface area contributed by atoms with Crippen molar-refractivity contribution >= 4 is 46.5 Å². The predicted molar refractivity (Wildman–Crippen MR) is 143 cm³/mol. The Morgan fingerprint density at radius 2 is 1.68 bits per heavy atom. The Labute approximate surface area is 219 Å². The summed E-state index contributed by atoms with van der Waals surface area (Å²) >= 11 is 5.70. The molecule has 9 heteroatoms. The van der Waals surface area contributed by atoms with E-state index in [0.717, 1.165) is 5.56 Å². The number of benzene rings is 3. The minimum absolute atomic E-state index is 0.136. The SMILES string of the molecule is CCOC(=O)c1ccc(N2C(=O)[C@@H](CC(=O)Nc3ccc(F)cc3)N(CCc3ccccc3)C2=S)cc1. The Bertz CT molecular complexity index is 1280. The number of carbonyl (C=O) groups excluding carboxylic acids is 3. The van der Waals surface area contributed by atoms with Gasteiger partial charge >= 0.3 is 5.97 Å². The van der Waals surface area contributed by atoms with E-state index in [4.69, 9.17) is 17.0 Å². The lowest BCUT2D eigenvalue weighted by Gasteiger charge is -2.24. The maximum Gasteiger partial charge on any atom is 0.338 e. The number of esters is 1. The standard InChI is InChI=1S/C28H26FN3O4S/c1-2-36-27(35)20-8-14-23(15-9-20)32-26(34)24(18-25(33)30-22-12-10-21(29)11-13-22)31(28(32)37)17-16-19-6-4-3-5-7-19/h3-15,24H,2,16-18H2,1H3,(H,30,33)/t24-/m1/s1. The zero-order valence-corrected chi connectivity index (χ0v) is 21.0. The fourth-order valence-corrected chi connectivity index (χ4v) is 4.52. The van der Waals surface area contributed by atoms with Crippen molar-refractivity contribution in [3.05, 3.63) is 95.8 Å². The van der Waals surface area contributed by atoms with E-state index in [1.165, 1.54) is 29.2 Å². The third-order valence-corrected chi connectivity index (χ3v) is 6.36. The topological polar surface area (TPSA) is 78.9 Å². The monoisotopic (exact) mass is 519 g/mol. The number of rotatable bonds is 9. The van der Waals surface area contributed by atoms with Crippen molar-refractivity contribution in [1.82, 2.24) is 4.90 Å². The number of thiocarbonyl (C=S) groups is 1. The maximum absolute atomic E-state index is 13.6. The van der Waals surface area contributed by atoms with Crippen LogP contribution in [-0.2, 0) is 20.7 Å². The molecule has 4 rings (SSSR count). The molecule has 0 saturated carbocycles. The third kappa shape index (κ3) is 6.18. The van der Waals surface area contributed by atoms with Crippen molar-refractivity contribution in [2.24, 2.45) is 0 Å². The van der Waals surface area contributed by atoms with Gasteiger partial charge in [0, 0.05) is 12.2 Å². The highest BCUT2D eigenvalue weighted by Gasteiger charge is 2.43. The largest absolute Gasteiger partial charge is 0.462 e. The number of hydrogen-bond donors (Lipinski definition) is 1. The van der Waals surface area contributed by atoms with Gasteiger partial charge in [-0.1, -0.05) is 30.3 Å². The van der Waals surface area contributed by atoms with Gasteiger partial charge in [0.15, 0.2) is 5.11 Å². The summed E-state index contributed by atoms with van der Waals surface area (Å²) in [6, 6.07) is 20.8. The first-order valence-electron chi connectivity index (χ1n) is 11.9. The molecule has 2 amide bonds. The lowest BCUT2D eigenvalue weighted by molar-refractivity contribution is -0.124. The van der Waals surface area contributed by atoms with Gasteiger partial charge in [-0.15, -0.1) is 0 Å². The zero-order chi connectivity index (χ0) is 26.4. The van der Waals surface area contributed by atoms with Crippen LogP contribution in [0.25, 0.3) is 0 Å². The molecule has 1 heterocycles. The van der Waals surface area contributed by atoms with Crippen LogP contribution in [0.5, 0.6) is 0 Å². The zero-order valence-electron chi connectivity index (χ0n) is 20.2. The van der Waals surface area contributed by atoms with Crippen LogP contribution in [0.2, 0.25) is 0 Å². The summed E-state index contributed by atoms with van der Waals surface area (Å²) in [4.78, 5) is 41.6. The molecule has 0 spiro atoms. The van der Waals surface area contributed by atoms with E-state index >= 15 is 0 Å². The van der Waals surface area contributed by atoms with Crippen LogP contribution in [0.1, 0.15) is 29.3 Å². The summed E-state index contributed by atoms with van der Waals surface area (Å²) in [7, 11) is 0. The van der Waals surface area contributed by atoms with Crippen LogP contribution < -0.4 is 10.2 Å². The fraction of sp³-hybridized carbons (Fsp3) is 0.214. The van der Waals surface area contributed by atoms with Crippen molar-refractivity contribution in [2.75, 3.05) is 23.4 Å². The molecule has 7 nitrogen and oxygen atoms in total. The van der Waals surface area contributed by atoms with E-state index in [2.05, 4.69) is 5.32 Å². The second-order valence-electron chi connectivity index (χ2n) is 8.43. The molecule has 3 aromatic rings. The van der Waals surface area contributed by atoms with E-state index < -0.39 is 23.7 Å². The third-order valence-electron chi connectivity index (χ3n) is 5.95. The molecule has 1 saturated heterocycles. The van der Waals surface area contributed by atoms with Gasteiger partial charge in [0.25, 0.3) is 5.91 Å². The number of hydrogen-bond acceptors (Lipinski definition) is 5. The molecule has 190 valence electrons. The molecule has 1 fully saturated rings. The van der Waals surface area contributed by atoms with Crippen LogP contribution in [0.15, 0.2) is 78.9 Å². The molecule has 0 aromatic heterocycles. The summed E-state index contributed by atoms with van der Waals surface area (Å²) in [5.41, 5.74) is 2.36. The number of carbonyl (C=O) groups is 3. The second kappa shape index (κ2) is 11.7. The first kappa shape index (κ1) is 26.0. The smallest absolute Gasteiger partial charge is 0.338 e. The van der Waals surface area contributed by atoms with E-state index in [0.29, 0.717) is 29.9 Å². The summed E-state index contributed by atoms with van der Waals surface area (Å²) in [5.74, 6) is -1.59. The van der Waals surface area contributed by atoms with E-state index in [1.807, 2.05) is 30.3 Å². The minimum atomic E-state index is -0.818. The highest BCUT2D eigenvalue weighted by molar-refractivity contribution is 7.80. The van der Waals surface area contributed by atoms with Crippen LogP contribution in [0.3, 0.4) is 0 Å². The van der Waals surface area contributed by atoms with Crippen LogP contribution >= 0.6 is 12.2 Å². The van der Waals surface area contributed by atoms with Crippen molar-refractivity contribution in [3.8, 4) is 0 Å². The van der Waals surface area contributed by atoms with Gasteiger partial charge in [0.2, 0.25) is 5.91 Å². The number of amides is 2. The van der Waals surface area contributed by atoms with E-state index in [9.17, 15) is 18.8 Å². The number of nitrogens with one attached hydrogen (secondary N) is 1. The molecule has 1 aliphatic heterocycles. The number of ether oxygens (including phenoxy) is 1. The fourth-order valence-electron chi connectivity index (χ4n) is 4.10. The van der Waals surface area contributed by atoms with Crippen LogP contribution in [0, 0.1) is 5.82 Å². The Morgan fingerprint density at radius 1 is 1.00 bits per heavy atom. The van der Waals surface area contributed by atoms with Gasteiger partial charge in [-0.25, -0.2) is 9.18 Å². The van der Waals surface area contributed by atoms with Crippen LogP contribution in [0.4, 0.5) is 15.8 Å². The van der Waals surface area contributed by atoms with E-state index in [-0.39, 0.29) is 24.0 Å². The molecule has 1 aliphatic rings. The molecular weight excluding hydrogens is 493 g/mol. The van der Waals surface area contributed by atoms with Gasteiger partial charge < -0.3 is 15.0 Å². The number of halogens is 1. The molecule has 1 atom stereocenters. The predicted octanol–water partition coefficient (Wildman–Crippen LogP) is 4.58. The van der Waals surface area contributed by atoms with Crippen molar-refractivity contribution in [2.45, 2.75) is 25.8 Å². The quantitative estimate of drug-likeness (QED) is 0.330. The second-order valence-corrected chi connectivity index (χ2v) is 8.79. The highest BCUT2D eigenvalue weighted by atomic mass is 32.1. The summed E-state index contributed by atoms with van der Waals surface area (Å²) in [6.45, 7) is 2.41. The average Bonchev–Trinajstić information content (AvgIpc) is 3.13. The molecule has 0 bridgehead atoms. The van der Waals surface area contributed by atoms with Gasteiger partial charge in [0.05, 0.1) is 24.3 Å². The molecule has 0 unspecified atom stereocenters. The van der Waals surface area contributed by atoms with Crippen LogP contribution in [-0.4, -0.2) is 47.0 Å². The lowest BCUT2D eigenvalue weighted by atomic mass is 10.1. The summed E-state index contributed by atoms with van der Waals surface area (Å²) < 4.78 is 18.2. The van der Waals surface area contributed by atoms with Crippen molar-refractivity contribution < 1.29 is 23.5 Å². The average molecular weight is 520 g/mol. The van der Waals surface area contributed by atoms with Crippen molar-refractivity contribution in [3.63, 3.8) is 0 Å². The molecule has 1 N–H and O–H groups in total. The highest BCUT2D eigenvalue weighted by Crippen LogP contribution is 2.28. The summed E-state index contributed by atoms with van der Waals surface area (Å²) in [5, 5.41) is 3.00. The Hall–Kier alpha value is -4.11. The van der Waals surface area contributed by atoms with Crippen molar-refractivity contribution in [1.29, 1.82) is 0 Å². The van der Waals surface area contributed by atoms with Gasteiger partial charge in [0.1, 0.15) is 11.9 Å². The van der Waals surface area contributed by atoms with Gasteiger partial charge in [-0.05, 0) is 79.7 Å². The molecule has 3 aromatic carbocycles. The Morgan fingerprint density at radius 3 is 2.32 bits per heavy atom. The normalized spacial score (nSPS) is 15.1. The molecular formula is C28H26FN3O4S. The Kier molecular flexibility index (Phi) is 8.25. The first-order chi connectivity index (χ1) is 17.9. The molecule has 0 aliphatic carbocycles. The molecule has 0 radical (unpaired) electrons. The van der Waals surface area contributed by atoms with Gasteiger partial charge in [-0.2, -0.15) is 0 Å². The number of anilines is 2. The molecule has 37 heavy (non-hydrogen) atoms. The minimum Gasteiger partial charge on any atom is -0.462 e. The first-order valence-corrected chi connectivity index (χ1v) is 12.3. The maximum atomic E-state index is 13.6. The van der Waals surface area contributed by atoms with E-state index in [1.54, 1.807) is 36.1 Å². The lowest BCUT2D eigenvalue weighted by Crippen LogP contribution is -2.39.